The quantitative estimate of drug-likeness (QED) is 0.306. The van der Waals surface area contributed by atoms with Crippen LogP contribution in [-0.4, -0.2) is 65.2 Å². The number of carboxylic acids is 1. The summed E-state index contributed by atoms with van der Waals surface area (Å²) in [6.07, 6.45) is 3.84. The van der Waals surface area contributed by atoms with Crippen molar-refractivity contribution >= 4 is 16.7 Å². The van der Waals surface area contributed by atoms with Crippen LogP contribution in [-0.2, 0) is 6.54 Å². The lowest BCUT2D eigenvalue weighted by Crippen LogP contribution is -2.31. The first-order valence-electron chi connectivity index (χ1n) is 13.0. The normalized spacial score (nSPS) is 14.9. The van der Waals surface area contributed by atoms with Gasteiger partial charge in [0.2, 0.25) is 0 Å². The van der Waals surface area contributed by atoms with Crippen molar-refractivity contribution in [2.24, 2.45) is 0 Å². The van der Waals surface area contributed by atoms with Crippen LogP contribution in [0.15, 0.2) is 85.1 Å². The number of hydrogen-bond acceptors (Lipinski definition) is 5. The van der Waals surface area contributed by atoms with Crippen LogP contribution in [0.2, 0.25) is 0 Å². The van der Waals surface area contributed by atoms with Gasteiger partial charge in [-0.15, -0.1) is 0 Å². The predicted octanol–water partition coefficient (Wildman–Crippen LogP) is 5.58. The Labute approximate surface area is 218 Å². The van der Waals surface area contributed by atoms with Gasteiger partial charge in [0.1, 0.15) is 11.3 Å². The molecule has 1 N–H and O–H groups in total. The van der Waals surface area contributed by atoms with E-state index in [1.54, 1.807) is 6.07 Å². The minimum Gasteiger partial charge on any atom is -0.493 e. The van der Waals surface area contributed by atoms with Crippen molar-refractivity contribution in [2.45, 2.75) is 19.4 Å². The van der Waals surface area contributed by atoms with E-state index in [9.17, 15) is 9.90 Å². The molecule has 0 amide bonds. The van der Waals surface area contributed by atoms with Crippen LogP contribution in [0.4, 0.5) is 0 Å². The second kappa shape index (κ2) is 12.0. The van der Waals surface area contributed by atoms with Gasteiger partial charge in [-0.05, 0) is 54.4 Å². The number of hydrogen-bond donors (Lipinski definition) is 1. The molecule has 1 saturated heterocycles. The summed E-state index contributed by atoms with van der Waals surface area (Å²) in [7, 11) is 0. The monoisotopic (exact) mass is 495 g/mol. The van der Waals surface area contributed by atoms with E-state index in [-0.39, 0.29) is 5.56 Å². The molecule has 3 aromatic carbocycles. The lowest BCUT2D eigenvalue weighted by atomic mass is 10.0. The van der Waals surface area contributed by atoms with Crippen molar-refractivity contribution in [1.29, 1.82) is 0 Å². The maximum absolute atomic E-state index is 11.9. The summed E-state index contributed by atoms with van der Waals surface area (Å²) in [5.41, 5.74) is 3.73. The first kappa shape index (κ1) is 24.9. The number of carboxylic acid groups (broad SMARTS) is 1. The number of aromatic nitrogens is 1. The molecule has 37 heavy (non-hydrogen) atoms. The summed E-state index contributed by atoms with van der Waals surface area (Å²) in [5, 5.41) is 11.4. The summed E-state index contributed by atoms with van der Waals surface area (Å²) < 4.78 is 5.96. The molecule has 0 spiro atoms. The molecular weight excluding hydrogens is 462 g/mol. The van der Waals surface area contributed by atoms with E-state index in [0.29, 0.717) is 17.7 Å². The number of fused-ring (bicyclic) bond motifs is 1. The molecule has 0 bridgehead atoms. The molecule has 6 nitrogen and oxygen atoms in total. The predicted molar refractivity (Wildman–Crippen MR) is 147 cm³/mol. The standard InChI is InChI=1S/C31H33N3O3/c35-31(36)29-27-13-5-4-9-24(27)14-15-28(29)37-22-8-19-33-17-7-18-34(21-20-33)23-26-12-6-16-32-30(26)25-10-2-1-3-11-25/h1-6,9-16H,7-8,17-23H2,(H,35,36). The van der Waals surface area contributed by atoms with Gasteiger partial charge in [-0.2, -0.15) is 0 Å². The van der Waals surface area contributed by atoms with Crippen molar-refractivity contribution in [3.8, 4) is 17.0 Å². The van der Waals surface area contributed by atoms with Crippen LogP contribution in [0.3, 0.4) is 0 Å². The molecule has 0 unspecified atom stereocenters. The third-order valence-electron chi connectivity index (χ3n) is 6.99. The van der Waals surface area contributed by atoms with E-state index in [1.807, 2.05) is 48.7 Å². The van der Waals surface area contributed by atoms with Crippen LogP contribution in [0.5, 0.6) is 5.75 Å². The molecule has 0 atom stereocenters. The topological polar surface area (TPSA) is 65.9 Å². The van der Waals surface area contributed by atoms with Gasteiger partial charge in [0, 0.05) is 37.9 Å². The summed E-state index contributed by atoms with van der Waals surface area (Å²) in [6, 6.07) is 25.8. The SMILES string of the molecule is O=C(O)c1c(OCCCN2CCCN(Cc3cccnc3-c3ccccc3)CC2)ccc2ccccc12. The number of rotatable bonds is 9. The summed E-state index contributed by atoms with van der Waals surface area (Å²) >= 11 is 0. The Kier molecular flexibility index (Phi) is 8.08. The van der Waals surface area contributed by atoms with Crippen molar-refractivity contribution in [2.75, 3.05) is 39.3 Å². The second-order valence-corrected chi connectivity index (χ2v) is 9.52. The van der Waals surface area contributed by atoms with Gasteiger partial charge < -0.3 is 14.7 Å². The molecule has 2 heterocycles. The zero-order chi connectivity index (χ0) is 25.5. The Morgan fingerprint density at radius 2 is 1.65 bits per heavy atom. The zero-order valence-electron chi connectivity index (χ0n) is 21.1. The molecular formula is C31H33N3O3. The Balaban J connectivity index is 1.13. The van der Waals surface area contributed by atoms with Crippen molar-refractivity contribution in [3.05, 3.63) is 96.2 Å². The Morgan fingerprint density at radius 1 is 0.865 bits per heavy atom. The fraction of sp³-hybridized carbons (Fsp3) is 0.290. The molecule has 6 heteroatoms. The highest BCUT2D eigenvalue weighted by atomic mass is 16.5. The molecule has 1 aliphatic heterocycles. The molecule has 0 saturated carbocycles. The number of ether oxygens (including phenoxy) is 1. The van der Waals surface area contributed by atoms with E-state index in [2.05, 4.69) is 45.1 Å². The third-order valence-corrected chi connectivity index (χ3v) is 6.99. The van der Waals surface area contributed by atoms with Crippen LogP contribution in [0.1, 0.15) is 28.8 Å². The molecule has 1 fully saturated rings. The van der Waals surface area contributed by atoms with Crippen molar-refractivity contribution in [3.63, 3.8) is 0 Å². The van der Waals surface area contributed by atoms with Crippen LogP contribution >= 0.6 is 0 Å². The highest BCUT2D eigenvalue weighted by molar-refractivity contribution is 6.06. The van der Waals surface area contributed by atoms with E-state index >= 15 is 0 Å². The number of carbonyl (C=O) groups is 1. The first-order valence-corrected chi connectivity index (χ1v) is 13.0. The van der Waals surface area contributed by atoms with Gasteiger partial charge in [-0.3, -0.25) is 9.88 Å². The second-order valence-electron chi connectivity index (χ2n) is 9.52. The molecule has 5 rings (SSSR count). The van der Waals surface area contributed by atoms with Gasteiger partial charge in [-0.1, -0.05) is 66.7 Å². The highest BCUT2D eigenvalue weighted by Gasteiger charge is 2.18. The number of aromatic carboxylic acids is 1. The molecule has 190 valence electrons. The average molecular weight is 496 g/mol. The number of pyridine rings is 1. The van der Waals surface area contributed by atoms with Gasteiger partial charge in [0.25, 0.3) is 0 Å². The Morgan fingerprint density at radius 3 is 2.51 bits per heavy atom. The van der Waals surface area contributed by atoms with Crippen LogP contribution < -0.4 is 4.74 Å². The summed E-state index contributed by atoms with van der Waals surface area (Å²) in [6.45, 7) is 6.48. The molecule has 1 aromatic heterocycles. The summed E-state index contributed by atoms with van der Waals surface area (Å²) in [4.78, 5) is 21.6. The van der Waals surface area contributed by atoms with Crippen LogP contribution in [0.25, 0.3) is 22.0 Å². The maximum atomic E-state index is 11.9. The van der Waals surface area contributed by atoms with Gasteiger partial charge in [0.15, 0.2) is 0 Å². The maximum Gasteiger partial charge on any atom is 0.340 e. The fourth-order valence-corrected chi connectivity index (χ4v) is 5.13. The largest absolute Gasteiger partial charge is 0.493 e. The number of nitrogens with zero attached hydrogens (tertiary/aromatic N) is 3. The van der Waals surface area contributed by atoms with Gasteiger partial charge in [-0.25, -0.2) is 4.79 Å². The first-order chi connectivity index (χ1) is 18.2. The average Bonchev–Trinajstić information content (AvgIpc) is 3.16. The smallest absolute Gasteiger partial charge is 0.340 e. The zero-order valence-corrected chi connectivity index (χ0v) is 21.1. The third kappa shape index (κ3) is 6.16. The van der Waals surface area contributed by atoms with Crippen LogP contribution in [0, 0.1) is 0 Å². The highest BCUT2D eigenvalue weighted by Crippen LogP contribution is 2.28. The minimum atomic E-state index is -0.955. The van der Waals surface area contributed by atoms with E-state index in [1.165, 1.54) is 5.56 Å². The Hall–Kier alpha value is -3.74. The van der Waals surface area contributed by atoms with E-state index in [4.69, 9.17) is 4.74 Å². The minimum absolute atomic E-state index is 0.244. The molecule has 0 radical (unpaired) electrons. The molecule has 1 aliphatic rings. The Bertz CT molecular complexity index is 1340. The van der Waals surface area contributed by atoms with Gasteiger partial charge in [0.05, 0.1) is 12.3 Å². The fourth-order valence-electron chi connectivity index (χ4n) is 5.13. The van der Waals surface area contributed by atoms with Gasteiger partial charge >= 0.3 is 5.97 Å². The van der Waals surface area contributed by atoms with E-state index < -0.39 is 5.97 Å². The molecule has 4 aromatic rings. The lowest BCUT2D eigenvalue weighted by molar-refractivity contribution is 0.0694. The lowest BCUT2D eigenvalue weighted by Gasteiger charge is -2.22. The van der Waals surface area contributed by atoms with Crippen molar-refractivity contribution < 1.29 is 14.6 Å². The van der Waals surface area contributed by atoms with E-state index in [0.717, 1.165) is 68.8 Å². The molecule has 0 aliphatic carbocycles. The number of benzene rings is 3. The summed E-state index contributed by atoms with van der Waals surface area (Å²) in [5.74, 6) is -0.512. The van der Waals surface area contributed by atoms with Crippen molar-refractivity contribution in [1.82, 2.24) is 14.8 Å².